The maximum atomic E-state index is 11.6. The van der Waals surface area contributed by atoms with Crippen molar-refractivity contribution in [3.63, 3.8) is 0 Å². The van der Waals surface area contributed by atoms with E-state index in [0.29, 0.717) is 25.8 Å². The van der Waals surface area contributed by atoms with Gasteiger partial charge in [0.25, 0.3) is 5.91 Å². The molecule has 1 aromatic rings. The van der Waals surface area contributed by atoms with Gasteiger partial charge in [-0.2, -0.15) is 0 Å². The van der Waals surface area contributed by atoms with Crippen molar-refractivity contribution in [3.8, 4) is 0 Å². The van der Waals surface area contributed by atoms with Gasteiger partial charge in [-0.1, -0.05) is 30.3 Å². The molecule has 0 saturated heterocycles. The molecular formula is C16H21NO4. The predicted octanol–water partition coefficient (Wildman–Crippen LogP) is 1.95. The average Bonchev–Trinajstić information content (AvgIpc) is 2.47. The van der Waals surface area contributed by atoms with Crippen LogP contribution in [0, 0.1) is 0 Å². The lowest BCUT2D eigenvalue weighted by atomic mass is 10.1. The highest BCUT2D eigenvalue weighted by Crippen LogP contribution is 2.04. The van der Waals surface area contributed by atoms with Crippen LogP contribution in [0.2, 0.25) is 0 Å². The molecule has 0 radical (unpaired) electrons. The highest BCUT2D eigenvalue weighted by atomic mass is 16.4. The van der Waals surface area contributed by atoms with Crippen LogP contribution in [0.15, 0.2) is 30.3 Å². The summed E-state index contributed by atoms with van der Waals surface area (Å²) in [7, 11) is 0. The van der Waals surface area contributed by atoms with Crippen molar-refractivity contribution in [2.24, 2.45) is 0 Å². The minimum Gasteiger partial charge on any atom is -0.481 e. The fourth-order valence-electron chi connectivity index (χ4n) is 1.91. The number of unbranched alkanes of at least 4 members (excludes halogenated alkanes) is 1. The van der Waals surface area contributed by atoms with Crippen LogP contribution in [0.1, 0.15) is 37.7 Å². The number of amides is 1. The maximum absolute atomic E-state index is 11.6. The molecule has 1 amide bonds. The number of hydrogen-bond donors (Lipinski definition) is 2. The van der Waals surface area contributed by atoms with E-state index < -0.39 is 17.7 Å². The van der Waals surface area contributed by atoms with Crippen LogP contribution in [-0.2, 0) is 20.8 Å². The minimum absolute atomic E-state index is 0.0842. The van der Waals surface area contributed by atoms with Gasteiger partial charge < -0.3 is 10.4 Å². The quantitative estimate of drug-likeness (QED) is 0.510. The molecule has 1 rings (SSSR count). The summed E-state index contributed by atoms with van der Waals surface area (Å²) in [5.74, 6) is -1.83. The van der Waals surface area contributed by atoms with E-state index in [0.717, 1.165) is 12.0 Å². The van der Waals surface area contributed by atoms with Gasteiger partial charge in [0.2, 0.25) is 5.78 Å². The molecule has 21 heavy (non-hydrogen) atoms. The Morgan fingerprint density at radius 1 is 0.952 bits per heavy atom. The Hall–Kier alpha value is -2.17. The number of carbonyl (C=O) groups excluding carboxylic acids is 2. The second kappa shape index (κ2) is 9.69. The second-order valence-electron chi connectivity index (χ2n) is 4.87. The number of aryl methyl sites for hydroxylation is 1. The van der Waals surface area contributed by atoms with Crippen molar-refractivity contribution in [2.45, 2.75) is 38.5 Å². The first-order valence-corrected chi connectivity index (χ1v) is 7.16. The standard InChI is InChI=1S/C16H21NO4/c18-14(10-6-9-13-7-2-1-3-8-13)16(21)17-12-5-4-11-15(19)20/h1-3,7-8H,4-6,9-12H2,(H,17,21)(H,19,20). The Morgan fingerprint density at radius 3 is 2.33 bits per heavy atom. The lowest BCUT2D eigenvalue weighted by Crippen LogP contribution is -2.31. The number of hydrogen-bond acceptors (Lipinski definition) is 3. The highest BCUT2D eigenvalue weighted by Gasteiger charge is 2.12. The molecule has 0 atom stereocenters. The summed E-state index contributed by atoms with van der Waals surface area (Å²) in [5, 5.41) is 11.0. The molecule has 0 saturated carbocycles. The third kappa shape index (κ3) is 7.87. The Balaban J connectivity index is 2.11. The van der Waals surface area contributed by atoms with E-state index in [4.69, 9.17) is 5.11 Å². The van der Waals surface area contributed by atoms with Crippen LogP contribution in [0.3, 0.4) is 0 Å². The summed E-state index contributed by atoms with van der Waals surface area (Å²) >= 11 is 0. The molecule has 0 fully saturated rings. The molecule has 0 aliphatic heterocycles. The largest absolute Gasteiger partial charge is 0.481 e. The zero-order chi connectivity index (χ0) is 15.5. The smallest absolute Gasteiger partial charge is 0.303 e. The summed E-state index contributed by atoms with van der Waals surface area (Å²) in [6.45, 7) is 0.344. The van der Waals surface area contributed by atoms with Gasteiger partial charge >= 0.3 is 5.97 Å². The molecule has 0 aromatic heterocycles. The zero-order valence-electron chi connectivity index (χ0n) is 12.0. The SMILES string of the molecule is O=C(O)CCCCNC(=O)C(=O)CCCc1ccccc1. The number of carbonyl (C=O) groups is 3. The number of rotatable bonds is 10. The maximum Gasteiger partial charge on any atom is 0.303 e. The molecule has 0 bridgehead atoms. The zero-order valence-corrected chi connectivity index (χ0v) is 12.0. The molecular weight excluding hydrogens is 270 g/mol. The Kier molecular flexibility index (Phi) is 7.79. The van der Waals surface area contributed by atoms with E-state index in [2.05, 4.69) is 5.32 Å². The van der Waals surface area contributed by atoms with Crippen LogP contribution >= 0.6 is 0 Å². The van der Waals surface area contributed by atoms with Gasteiger partial charge in [0.05, 0.1) is 0 Å². The first kappa shape index (κ1) is 16.9. The van der Waals surface area contributed by atoms with Crippen LogP contribution in [0.25, 0.3) is 0 Å². The number of aliphatic carboxylic acids is 1. The van der Waals surface area contributed by atoms with Gasteiger partial charge in [-0.15, -0.1) is 0 Å². The van der Waals surface area contributed by atoms with Crippen LogP contribution < -0.4 is 5.32 Å². The average molecular weight is 291 g/mol. The molecule has 0 heterocycles. The molecule has 114 valence electrons. The van der Waals surface area contributed by atoms with Crippen molar-refractivity contribution in [3.05, 3.63) is 35.9 Å². The fourth-order valence-corrected chi connectivity index (χ4v) is 1.91. The van der Waals surface area contributed by atoms with Gasteiger partial charge in [0, 0.05) is 19.4 Å². The Bertz CT molecular complexity index is 470. The summed E-state index contributed by atoms with van der Waals surface area (Å²) < 4.78 is 0. The summed E-state index contributed by atoms with van der Waals surface area (Å²) in [4.78, 5) is 33.4. The van der Waals surface area contributed by atoms with E-state index in [1.165, 1.54) is 0 Å². The Labute approximate surface area is 124 Å². The van der Waals surface area contributed by atoms with Crippen molar-refractivity contribution >= 4 is 17.7 Å². The molecule has 1 aromatic carbocycles. The Morgan fingerprint density at radius 2 is 1.67 bits per heavy atom. The molecule has 0 spiro atoms. The fraction of sp³-hybridized carbons (Fsp3) is 0.438. The van der Waals surface area contributed by atoms with Crippen LogP contribution in [0.5, 0.6) is 0 Å². The molecule has 5 heteroatoms. The van der Waals surface area contributed by atoms with Crippen molar-refractivity contribution in [1.29, 1.82) is 0 Å². The van der Waals surface area contributed by atoms with E-state index in [-0.39, 0.29) is 12.8 Å². The number of Topliss-reactive ketones (excluding diaryl/α,β-unsaturated/α-hetero) is 1. The third-order valence-electron chi connectivity index (χ3n) is 3.07. The van der Waals surface area contributed by atoms with Crippen molar-refractivity contribution in [1.82, 2.24) is 5.32 Å². The van der Waals surface area contributed by atoms with Crippen LogP contribution in [-0.4, -0.2) is 29.3 Å². The van der Waals surface area contributed by atoms with Gasteiger partial charge in [-0.3, -0.25) is 14.4 Å². The first-order chi connectivity index (χ1) is 10.1. The van der Waals surface area contributed by atoms with E-state index in [1.54, 1.807) is 0 Å². The van der Waals surface area contributed by atoms with Gasteiger partial charge in [0.1, 0.15) is 0 Å². The number of carboxylic acid groups (broad SMARTS) is 1. The lowest BCUT2D eigenvalue weighted by molar-refractivity contribution is -0.138. The molecule has 0 unspecified atom stereocenters. The molecule has 0 aliphatic carbocycles. The van der Waals surface area contributed by atoms with E-state index in [9.17, 15) is 14.4 Å². The second-order valence-corrected chi connectivity index (χ2v) is 4.87. The van der Waals surface area contributed by atoms with Gasteiger partial charge in [-0.05, 0) is 31.2 Å². The molecule has 0 aliphatic rings. The van der Waals surface area contributed by atoms with Crippen molar-refractivity contribution in [2.75, 3.05) is 6.54 Å². The number of nitrogens with one attached hydrogen (secondary N) is 1. The number of ketones is 1. The van der Waals surface area contributed by atoms with Gasteiger partial charge in [-0.25, -0.2) is 0 Å². The molecule has 5 nitrogen and oxygen atoms in total. The minimum atomic E-state index is -0.849. The van der Waals surface area contributed by atoms with Gasteiger partial charge in [0.15, 0.2) is 0 Å². The van der Waals surface area contributed by atoms with E-state index in [1.807, 2.05) is 30.3 Å². The summed E-state index contributed by atoms with van der Waals surface area (Å²) in [5.41, 5.74) is 1.15. The van der Waals surface area contributed by atoms with E-state index >= 15 is 0 Å². The lowest BCUT2D eigenvalue weighted by Gasteiger charge is -2.04. The van der Waals surface area contributed by atoms with Crippen molar-refractivity contribution < 1.29 is 19.5 Å². The first-order valence-electron chi connectivity index (χ1n) is 7.16. The topological polar surface area (TPSA) is 83.5 Å². The summed E-state index contributed by atoms with van der Waals surface area (Å²) in [6, 6.07) is 9.81. The molecule has 2 N–H and O–H groups in total. The summed E-state index contributed by atoms with van der Waals surface area (Å²) in [6.07, 6.45) is 2.80. The number of benzene rings is 1. The monoisotopic (exact) mass is 291 g/mol. The normalized spacial score (nSPS) is 10.1. The third-order valence-corrected chi connectivity index (χ3v) is 3.07. The highest BCUT2D eigenvalue weighted by molar-refractivity contribution is 6.36. The predicted molar refractivity (Wildman–Crippen MR) is 78.9 cm³/mol. The van der Waals surface area contributed by atoms with Crippen LogP contribution in [0.4, 0.5) is 0 Å². The number of carboxylic acids is 1.